The molecule has 2 amide bonds. The summed E-state index contributed by atoms with van der Waals surface area (Å²) in [5.41, 5.74) is 5.75. The van der Waals surface area contributed by atoms with Gasteiger partial charge in [0.1, 0.15) is 17.4 Å². The summed E-state index contributed by atoms with van der Waals surface area (Å²) in [6.07, 6.45) is 15.7. The summed E-state index contributed by atoms with van der Waals surface area (Å²) in [6, 6.07) is 6.38. The molecule has 3 aliphatic rings. The monoisotopic (exact) mass is 525 g/mol. The molecule has 9 heteroatoms. The van der Waals surface area contributed by atoms with E-state index in [1.165, 1.54) is 19.3 Å². The number of methoxy groups -OCH3 is 1. The average molecular weight is 526 g/mol. The van der Waals surface area contributed by atoms with Crippen molar-refractivity contribution in [1.82, 2.24) is 19.9 Å². The van der Waals surface area contributed by atoms with E-state index in [4.69, 9.17) is 9.72 Å². The number of anilines is 3. The number of aromatic nitrogens is 4. The lowest BCUT2D eigenvalue weighted by Crippen LogP contribution is -2.46. The number of amides is 2. The van der Waals surface area contributed by atoms with Gasteiger partial charge in [0.15, 0.2) is 0 Å². The number of ether oxygens (including phenoxy) is 1. The molecular formula is C30H35N7O2. The minimum absolute atomic E-state index is 0.117. The molecule has 0 saturated heterocycles. The molecule has 39 heavy (non-hydrogen) atoms. The first-order chi connectivity index (χ1) is 19.0. The van der Waals surface area contributed by atoms with Crippen LogP contribution in [0, 0.1) is 6.92 Å². The van der Waals surface area contributed by atoms with Crippen molar-refractivity contribution in [2.24, 2.45) is 0 Å². The van der Waals surface area contributed by atoms with Gasteiger partial charge in [-0.05, 0) is 50.3 Å². The van der Waals surface area contributed by atoms with E-state index in [9.17, 15) is 4.79 Å². The van der Waals surface area contributed by atoms with Crippen molar-refractivity contribution in [2.45, 2.75) is 64.5 Å². The zero-order valence-electron chi connectivity index (χ0n) is 22.8. The van der Waals surface area contributed by atoms with Crippen LogP contribution in [0.25, 0.3) is 17.0 Å². The van der Waals surface area contributed by atoms with Crippen LogP contribution in [0.4, 0.5) is 22.2 Å². The Hall–Kier alpha value is -4.14. The molecule has 2 aromatic heterocycles. The van der Waals surface area contributed by atoms with Crippen molar-refractivity contribution in [2.75, 3.05) is 29.3 Å². The number of rotatable bonds is 6. The summed E-state index contributed by atoms with van der Waals surface area (Å²) < 4.78 is 5.57. The van der Waals surface area contributed by atoms with Crippen LogP contribution in [0.15, 0.2) is 48.5 Å². The van der Waals surface area contributed by atoms with Gasteiger partial charge in [0.25, 0.3) is 0 Å². The minimum atomic E-state index is -0.117. The number of urea groups is 1. The van der Waals surface area contributed by atoms with E-state index >= 15 is 0 Å². The second-order valence-corrected chi connectivity index (χ2v) is 10.6. The van der Waals surface area contributed by atoms with Gasteiger partial charge in [-0.3, -0.25) is 9.80 Å². The van der Waals surface area contributed by atoms with E-state index in [1.807, 2.05) is 43.6 Å². The number of nitrogens with zero attached hydrogens (tertiary/aromatic N) is 5. The average Bonchev–Trinajstić information content (AvgIpc) is 3.46. The van der Waals surface area contributed by atoms with E-state index in [-0.39, 0.29) is 6.03 Å². The Morgan fingerprint density at radius 1 is 1.13 bits per heavy atom. The summed E-state index contributed by atoms with van der Waals surface area (Å²) in [7, 11) is 3.47. The third-order valence-corrected chi connectivity index (χ3v) is 7.97. The smallest absolute Gasteiger partial charge is 0.330 e. The van der Waals surface area contributed by atoms with Gasteiger partial charge in [0.05, 0.1) is 25.5 Å². The molecule has 9 nitrogen and oxygen atoms in total. The van der Waals surface area contributed by atoms with Crippen molar-refractivity contribution in [3.05, 3.63) is 65.3 Å². The third kappa shape index (κ3) is 4.89. The van der Waals surface area contributed by atoms with E-state index < -0.39 is 0 Å². The summed E-state index contributed by atoms with van der Waals surface area (Å²) >= 11 is 0. The van der Waals surface area contributed by atoms with Crippen LogP contribution in [0.5, 0.6) is 0 Å². The van der Waals surface area contributed by atoms with Gasteiger partial charge in [-0.2, -0.15) is 4.98 Å². The molecule has 6 rings (SSSR count). The van der Waals surface area contributed by atoms with Crippen molar-refractivity contribution >= 4 is 29.1 Å². The van der Waals surface area contributed by atoms with E-state index in [0.717, 1.165) is 70.9 Å². The normalized spacial score (nSPS) is 18.0. The van der Waals surface area contributed by atoms with Crippen LogP contribution in [-0.4, -0.2) is 46.2 Å². The number of aromatic amines is 1. The maximum absolute atomic E-state index is 13.6. The van der Waals surface area contributed by atoms with E-state index in [0.29, 0.717) is 24.4 Å². The Kier molecular flexibility index (Phi) is 6.81. The van der Waals surface area contributed by atoms with E-state index in [1.54, 1.807) is 24.0 Å². The fourth-order valence-electron chi connectivity index (χ4n) is 5.77. The number of allylic oxidation sites excluding steroid dienone is 3. The number of H-pyrrole nitrogens is 1. The number of carbonyl (C=O) groups excluding carboxylic acids is 1. The van der Waals surface area contributed by atoms with Gasteiger partial charge in [-0.15, -0.1) is 0 Å². The van der Waals surface area contributed by atoms with Crippen molar-refractivity contribution in [3.63, 3.8) is 0 Å². The van der Waals surface area contributed by atoms with Crippen molar-refractivity contribution in [3.8, 4) is 11.4 Å². The highest BCUT2D eigenvalue weighted by Crippen LogP contribution is 2.35. The van der Waals surface area contributed by atoms with Crippen LogP contribution >= 0.6 is 0 Å². The van der Waals surface area contributed by atoms with Gasteiger partial charge in [0.2, 0.25) is 5.95 Å². The first-order valence-electron chi connectivity index (χ1n) is 13.8. The molecule has 3 aromatic rings. The molecule has 3 heterocycles. The van der Waals surface area contributed by atoms with E-state index in [2.05, 4.69) is 26.3 Å². The predicted molar refractivity (Wildman–Crippen MR) is 154 cm³/mol. The molecule has 2 aliphatic carbocycles. The lowest BCUT2D eigenvalue weighted by atomic mass is 9.96. The summed E-state index contributed by atoms with van der Waals surface area (Å²) in [4.78, 5) is 34.5. The first kappa shape index (κ1) is 25.2. The number of benzene rings is 1. The number of nitrogens with one attached hydrogen (secondary N) is 2. The van der Waals surface area contributed by atoms with Crippen LogP contribution in [0.2, 0.25) is 0 Å². The van der Waals surface area contributed by atoms with Gasteiger partial charge in [0, 0.05) is 41.7 Å². The molecule has 0 spiro atoms. The van der Waals surface area contributed by atoms with Crippen LogP contribution in [0.1, 0.15) is 61.8 Å². The number of aryl methyl sites for hydroxylation is 1. The SMILES string of the molecule is COC1=C(c2cnc(-c3ccc(C)c(N4Cc5cnc(NC6CCCCC6)nc5N(C)C4=O)c3)[nH]2)CCC=C1. The van der Waals surface area contributed by atoms with Crippen molar-refractivity contribution < 1.29 is 9.53 Å². The molecular weight excluding hydrogens is 490 g/mol. The minimum Gasteiger partial charge on any atom is -0.496 e. The van der Waals surface area contributed by atoms with Crippen LogP contribution in [0.3, 0.4) is 0 Å². The molecule has 0 radical (unpaired) electrons. The second kappa shape index (κ2) is 10.6. The van der Waals surface area contributed by atoms with Gasteiger partial charge in [-0.25, -0.2) is 14.8 Å². The maximum atomic E-state index is 13.6. The number of carbonyl (C=O) groups is 1. The molecule has 1 saturated carbocycles. The van der Waals surface area contributed by atoms with Gasteiger partial charge >= 0.3 is 6.03 Å². The summed E-state index contributed by atoms with van der Waals surface area (Å²) in [5.74, 6) is 2.88. The zero-order valence-corrected chi connectivity index (χ0v) is 22.8. The first-order valence-corrected chi connectivity index (χ1v) is 13.8. The quantitative estimate of drug-likeness (QED) is 0.397. The highest BCUT2D eigenvalue weighted by atomic mass is 16.5. The highest BCUT2D eigenvalue weighted by Gasteiger charge is 2.32. The number of imidazole rings is 1. The Morgan fingerprint density at radius 2 is 1.97 bits per heavy atom. The van der Waals surface area contributed by atoms with Gasteiger partial charge in [-0.1, -0.05) is 37.5 Å². The lowest BCUT2D eigenvalue weighted by Gasteiger charge is -2.35. The molecule has 1 aromatic carbocycles. The summed E-state index contributed by atoms with van der Waals surface area (Å²) in [6.45, 7) is 2.43. The standard InChI is InChI=1S/C30H35N7O2/c1-19-13-14-20(27-31-17-24(34-27)23-11-7-8-12-26(23)39-3)15-25(19)37-18-21-16-32-29(33-22-9-5-4-6-10-22)35-28(21)36(2)30(37)38/h8,12-17,22H,4-7,9-11,18H2,1-3H3,(H,31,34)(H,32,33,35). The Labute approximate surface area is 229 Å². The Bertz CT molecular complexity index is 1450. The van der Waals surface area contributed by atoms with Crippen LogP contribution < -0.4 is 15.1 Å². The third-order valence-electron chi connectivity index (χ3n) is 7.97. The zero-order chi connectivity index (χ0) is 26.9. The molecule has 0 unspecified atom stereocenters. The molecule has 0 atom stereocenters. The largest absolute Gasteiger partial charge is 0.496 e. The number of hydrogen-bond donors (Lipinski definition) is 2. The topological polar surface area (TPSA) is 99.3 Å². The highest BCUT2D eigenvalue weighted by molar-refractivity contribution is 6.05. The number of fused-ring (bicyclic) bond motifs is 1. The van der Waals surface area contributed by atoms with Crippen LogP contribution in [-0.2, 0) is 11.3 Å². The summed E-state index contributed by atoms with van der Waals surface area (Å²) in [5, 5.41) is 3.48. The number of hydrogen-bond acceptors (Lipinski definition) is 6. The molecule has 1 fully saturated rings. The van der Waals surface area contributed by atoms with Crippen molar-refractivity contribution in [1.29, 1.82) is 0 Å². The molecule has 2 N–H and O–H groups in total. The predicted octanol–water partition coefficient (Wildman–Crippen LogP) is 6.20. The molecule has 0 bridgehead atoms. The van der Waals surface area contributed by atoms with Gasteiger partial charge < -0.3 is 15.0 Å². The second-order valence-electron chi connectivity index (χ2n) is 10.6. The fraction of sp³-hybridized carbons (Fsp3) is 0.400. The molecule has 1 aliphatic heterocycles. The maximum Gasteiger partial charge on any atom is 0.330 e. The Morgan fingerprint density at radius 3 is 2.79 bits per heavy atom. The fourth-order valence-corrected chi connectivity index (χ4v) is 5.77. The Balaban J connectivity index is 1.27. The lowest BCUT2D eigenvalue weighted by molar-refractivity contribution is 0.251. The molecule has 202 valence electrons.